The van der Waals surface area contributed by atoms with Crippen molar-refractivity contribution in [3.05, 3.63) is 89.4 Å². The van der Waals surface area contributed by atoms with E-state index < -0.39 is 21.6 Å². The number of aryl methyl sites for hydroxylation is 1. The fourth-order valence-corrected chi connectivity index (χ4v) is 5.74. The fraction of sp³-hybridized carbons (Fsp3) is 0.240. The minimum Gasteiger partial charge on any atom is -0.493 e. The lowest BCUT2D eigenvalue weighted by Gasteiger charge is -2.28. The van der Waals surface area contributed by atoms with Crippen LogP contribution in [0.15, 0.2) is 71.9 Å². The lowest BCUT2D eigenvalue weighted by molar-refractivity contribution is -0.137. The summed E-state index contributed by atoms with van der Waals surface area (Å²) in [5.41, 5.74) is 1.93. The highest BCUT2D eigenvalue weighted by atomic mass is 32.2. The molecule has 186 valence electrons. The van der Waals surface area contributed by atoms with Gasteiger partial charge in [0.15, 0.2) is 9.84 Å². The second kappa shape index (κ2) is 9.05. The molecule has 1 aliphatic rings. The molecular formula is C25H21F3N4O3S. The van der Waals surface area contributed by atoms with Gasteiger partial charge in [-0.2, -0.15) is 28.5 Å². The molecule has 0 amide bonds. The maximum atomic E-state index is 13.5. The summed E-state index contributed by atoms with van der Waals surface area (Å²) in [5.74, 6) is -0.216. The molecular weight excluding hydrogens is 493 g/mol. The monoisotopic (exact) mass is 514 g/mol. The number of ether oxygens (including phenoxy) is 1. The summed E-state index contributed by atoms with van der Waals surface area (Å²) >= 11 is 0. The number of sulfone groups is 1. The number of hydrogen-bond acceptors (Lipinski definition) is 6. The molecule has 11 heteroatoms. The van der Waals surface area contributed by atoms with Crippen molar-refractivity contribution in [1.29, 1.82) is 0 Å². The van der Waals surface area contributed by atoms with Gasteiger partial charge in [0, 0.05) is 36.5 Å². The highest BCUT2D eigenvalue weighted by Gasteiger charge is 2.33. The van der Waals surface area contributed by atoms with E-state index in [1.54, 1.807) is 31.3 Å². The molecule has 2 aromatic heterocycles. The molecule has 0 radical (unpaired) electrons. The van der Waals surface area contributed by atoms with Crippen molar-refractivity contribution in [3.8, 4) is 17.0 Å². The van der Waals surface area contributed by atoms with Crippen LogP contribution in [0.3, 0.4) is 0 Å². The van der Waals surface area contributed by atoms with Gasteiger partial charge in [0.1, 0.15) is 5.75 Å². The van der Waals surface area contributed by atoms with Crippen LogP contribution in [0, 0.1) is 0 Å². The summed E-state index contributed by atoms with van der Waals surface area (Å²) in [7, 11) is -2.05. The zero-order chi connectivity index (χ0) is 25.5. The van der Waals surface area contributed by atoms with Crippen LogP contribution >= 0.6 is 0 Å². The van der Waals surface area contributed by atoms with E-state index in [2.05, 4.69) is 15.3 Å². The average molecular weight is 515 g/mol. The molecule has 0 bridgehead atoms. The van der Waals surface area contributed by atoms with Crippen molar-refractivity contribution < 1.29 is 26.3 Å². The number of nitrogens with zero attached hydrogens (tertiary/aromatic N) is 4. The number of rotatable bonds is 5. The van der Waals surface area contributed by atoms with Crippen LogP contribution in [0.4, 0.5) is 13.2 Å². The number of aromatic nitrogens is 4. The first kappa shape index (κ1) is 24.0. The normalized spacial score (nSPS) is 15.8. The second-order valence-electron chi connectivity index (χ2n) is 8.50. The van der Waals surface area contributed by atoms with Crippen LogP contribution in [0.5, 0.6) is 5.75 Å². The van der Waals surface area contributed by atoms with Crippen LogP contribution in [-0.2, 0) is 28.8 Å². The molecule has 1 atom stereocenters. The summed E-state index contributed by atoms with van der Waals surface area (Å²) in [6.07, 6.45) is -0.976. The smallest absolute Gasteiger partial charge is 0.416 e. The molecule has 4 aromatic rings. The van der Waals surface area contributed by atoms with Crippen LogP contribution in [0.2, 0.25) is 0 Å². The van der Waals surface area contributed by atoms with Crippen molar-refractivity contribution in [2.75, 3.05) is 6.61 Å². The molecule has 0 N–H and O–H groups in total. The van der Waals surface area contributed by atoms with Gasteiger partial charge >= 0.3 is 6.18 Å². The Morgan fingerprint density at radius 2 is 1.86 bits per heavy atom. The zero-order valence-electron chi connectivity index (χ0n) is 19.1. The Balaban J connectivity index is 1.56. The van der Waals surface area contributed by atoms with E-state index in [1.807, 2.05) is 0 Å². The van der Waals surface area contributed by atoms with Crippen molar-refractivity contribution in [3.63, 3.8) is 0 Å². The lowest BCUT2D eigenvalue weighted by Crippen LogP contribution is -2.18. The first-order chi connectivity index (χ1) is 17.1. The molecule has 0 aliphatic carbocycles. The Morgan fingerprint density at radius 1 is 1.06 bits per heavy atom. The highest BCUT2D eigenvalue weighted by Crippen LogP contribution is 2.44. The Bertz CT molecular complexity index is 1520. The summed E-state index contributed by atoms with van der Waals surface area (Å²) in [5, 5.41) is 11.7. The number of alkyl halides is 3. The van der Waals surface area contributed by atoms with Crippen molar-refractivity contribution in [2.24, 2.45) is 7.05 Å². The summed E-state index contributed by atoms with van der Waals surface area (Å²) < 4.78 is 73.9. The average Bonchev–Trinajstić information content (AvgIpc) is 3.28. The van der Waals surface area contributed by atoms with Crippen LogP contribution in [0.1, 0.15) is 34.7 Å². The largest absolute Gasteiger partial charge is 0.493 e. The Hall–Kier alpha value is -3.73. The molecule has 0 saturated heterocycles. The number of fused-ring (bicyclic) bond motifs is 1. The molecule has 1 aliphatic heterocycles. The van der Waals surface area contributed by atoms with E-state index in [0.29, 0.717) is 40.2 Å². The number of halogens is 3. The molecule has 5 rings (SSSR count). The summed E-state index contributed by atoms with van der Waals surface area (Å²) in [4.78, 5) is 0.0758. The van der Waals surface area contributed by atoms with Crippen LogP contribution in [-0.4, -0.2) is 35.0 Å². The van der Waals surface area contributed by atoms with Gasteiger partial charge in [0.2, 0.25) is 0 Å². The summed E-state index contributed by atoms with van der Waals surface area (Å²) in [6.45, 7) is 0.289. The standard InChI is InChI=1S/C25H21F3N4O3S/c1-32-23(8-11-30-32)22-13-16(25(26,27)28)4-6-19(22)20-9-12-35-24-14-18(5-7-21(20)24)36(33,34)15-17-3-2-10-29-31-17/h2-8,10-11,13-14,20H,9,12,15H2,1H3/t20-/m0/s1. The topological polar surface area (TPSA) is 87.0 Å². The van der Waals surface area contributed by atoms with Crippen molar-refractivity contribution >= 4 is 9.84 Å². The van der Waals surface area contributed by atoms with E-state index in [0.717, 1.165) is 12.1 Å². The van der Waals surface area contributed by atoms with Gasteiger partial charge in [-0.3, -0.25) is 4.68 Å². The second-order valence-corrected chi connectivity index (χ2v) is 10.5. The van der Waals surface area contributed by atoms with Crippen LogP contribution < -0.4 is 4.74 Å². The molecule has 0 saturated carbocycles. The minimum atomic E-state index is -4.49. The molecule has 3 heterocycles. The first-order valence-electron chi connectivity index (χ1n) is 11.1. The van der Waals surface area contributed by atoms with Gasteiger partial charge < -0.3 is 4.74 Å². The molecule has 0 fully saturated rings. The quantitative estimate of drug-likeness (QED) is 0.381. The lowest BCUT2D eigenvalue weighted by atomic mass is 9.83. The third kappa shape index (κ3) is 4.58. The molecule has 7 nitrogen and oxygen atoms in total. The molecule has 36 heavy (non-hydrogen) atoms. The van der Waals surface area contributed by atoms with E-state index >= 15 is 0 Å². The van der Waals surface area contributed by atoms with Gasteiger partial charge in [0.05, 0.1) is 34.2 Å². The van der Waals surface area contributed by atoms with Crippen molar-refractivity contribution in [1.82, 2.24) is 20.0 Å². The Kier molecular flexibility index (Phi) is 6.03. The third-order valence-corrected chi connectivity index (χ3v) is 7.85. The predicted molar refractivity (Wildman–Crippen MR) is 125 cm³/mol. The number of benzene rings is 2. The van der Waals surface area contributed by atoms with E-state index in [4.69, 9.17) is 4.74 Å². The van der Waals surface area contributed by atoms with E-state index in [9.17, 15) is 21.6 Å². The summed E-state index contributed by atoms with van der Waals surface area (Å²) in [6, 6.07) is 13.2. The molecule has 0 spiro atoms. The highest BCUT2D eigenvalue weighted by molar-refractivity contribution is 7.90. The van der Waals surface area contributed by atoms with Gasteiger partial charge in [-0.05, 0) is 54.4 Å². The van der Waals surface area contributed by atoms with Gasteiger partial charge in [0.25, 0.3) is 0 Å². The number of hydrogen-bond donors (Lipinski definition) is 0. The van der Waals surface area contributed by atoms with Gasteiger partial charge in [-0.25, -0.2) is 8.42 Å². The fourth-order valence-electron chi connectivity index (χ4n) is 4.47. The predicted octanol–water partition coefficient (Wildman–Crippen LogP) is 4.78. The van der Waals surface area contributed by atoms with E-state index in [-0.39, 0.29) is 23.2 Å². The van der Waals surface area contributed by atoms with Crippen molar-refractivity contribution in [2.45, 2.75) is 29.2 Å². The third-order valence-electron chi connectivity index (χ3n) is 6.20. The Labute approximate surface area is 205 Å². The maximum Gasteiger partial charge on any atom is 0.416 e. The van der Waals surface area contributed by atoms with Gasteiger partial charge in [-0.1, -0.05) is 12.1 Å². The Morgan fingerprint density at radius 3 is 2.56 bits per heavy atom. The zero-order valence-corrected chi connectivity index (χ0v) is 19.9. The van der Waals surface area contributed by atoms with Crippen LogP contribution in [0.25, 0.3) is 11.3 Å². The molecule has 0 unspecified atom stereocenters. The first-order valence-corrected chi connectivity index (χ1v) is 12.7. The van der Waals surface area contributed by atoms with E-state index in [1.165, 1.54) is 35.3 Å². The SMILES string of the molecule is Cn1nccc1-c1cc(C(F)(F)F)ccc1[C@@H]1CCOc2cc(S(=O)(=O)Cc3cccnn3)ccc21. The van der Waals surface area contributed by atoms with Gasteiger partial charge in [-0.15, -0.1) is 0 Å². The molecule has 2 aromatic carbocycles. The maximum absolute atomic E-state index is 13.5. The minimum absolute atomic E-state index is 0.0758.